The summed E-state index contributed by atoms with van der Waals surface area (Å²) in [4.78, 5) is 38.6. The van der Waals surface area contributed by atoms with Crippen molar-refractivity contribution in [2.24, 2.45) is 5.92 Å². The molecule has 136 valence electrons. The number of carboxylic acid groups (broad SMARTS) is 1. The number of rotatable bonds is 8. The Bertz CT molecular complexity index is 631. The van der Waals surface area contributed by atoms with Crippen LogP contribution in [0.15, 0.2) is 24.3 Å². The summed E-state index contributed by atoms with van der Waals surface area (Å²) in [6.07, 6.45) is 0.0635. The van der Waals surface area contributed by atoms with Gasteiger partial charge in [-0.15, -0.1) is 0 Å². The minimum absolute atomic E-state index is 0.0635. The number of carbonyl (C=O) groups excluding carboxylic acids is 2. The number of carbonyl (C=O) groups is 3. The van der Waals surface area contributed by atoms with Crippen molar-refractivity contribution in [3.05, 3.63) is 24.3 Å². The summed E-state index contributed by atoms with van der Waals surface area (Å²) >= 11 is 0. The molecule has 1 saturated heterocycles. The maximum absolute atomic E-state index is 12.6. The highest BCUT2D eigenvalue weighted by Crippen LogP contribution is 2.27. The molecule has 1 heterocycles. The molecule has 1 unspecified atom stereocenters. The van der Waals surface area contributed by atoms with Crippen LogP contribution < -0.4 is 9.64 Å². The van der Waals surface area contributed by atoms with Gasteiger partial charge in [0.05, 0.1) is 19.6 Å². The number of aliphatic carboxylic acids is 1. The Morgan fingerprint density at radius 1 is 1.28 bits per heavy atom. The molecule has 2 amide bonds. The number of nitrogens with zero attached hydrogens (tertiary/aromatic N) is 2. The molecule has 25 heavy (non-hydrogen) atoms. The van der Waals surface area contributed by atoms with Gasteiger partial charge in [-0.05, 0) is 24.3 Å². The van der Waals surface area contributed by atoms with Gasteiger partial charge in [-0.25, -0.2) is 0 Å². The van der Waals surface area contributed by atoms with Gasteiger partial charge in [-0.3, -0.25) is 14.4 Å². The number of carboxylic acids is 1. The molecule has 1 aliphatic heterocycles. The fraction of sp³-hybridized carbons (Fsp3) is 0.471. The Balaban J connectivity index is 2.08. The first-order chi connectivity index (χ1) is 12.0. The fourth-order valence-electron chi connectivity index (χ4n) is 2.77. The van der Waals surface area contributed by atoms with Crippen LogP contribution in [0.25, 0.3) is 0 Å². The van der Waals surface area contributed by atoms with Crippen LogP contribution in [-0.4, -0.2) is 68.3 Å². The third kappa shape index (κ3) is 4.69. The molecule has 8 heteroatoms. The summed E-state index contributed by atoms with van der Waals surface area (Å²) in [6.45, 7) is 0.235. The van der Waals surface area contributed by atoms with Gasteiger partial charge in [0.1, 0.15) is 12.3 Å². The summed E-state index contributed by atoms with van der Waals surface area (Å²) in [6, 6.07) is 6.99. The molecule has 0 bridgehead atoms. The minimum Gasteiger partial charge on any atom is -0.497 e. The Labute approximate surface area is 145 Å². The van der Waals surface area contributed by atoms with Crippen LogP contribution >= 0.6 is 0 Å². The average Bonchev–Trinajstić information content (AvgIpc) is 2.99. The lowest BCUT2D eigenvalue weighted by Gasteiger charge is -2.23. The summed E-state index contributed by atoms with van der Waals surface area (Å²) in [7, 11) is 3.04. The number of amides is 2. The number of hydrogen-bond donors (Lipinski definition) is 1. The van der Waals surface area contributed by atoms with Gasteiger partial charge in [-0.1, -0.05) is 0 Å². The van der Waals surface area contributed by atoms with E-state index in [2.05, 4.69) is 0 Å². The molecule has 0 aromatic heterocycles. The highest BCUT2D eigenvalue weighted by atomic mass is 16.5. The molecule has 0 spiro atoms. The Morgan fingerprint density at radius 2 is 1.96 bits per heavy atom. The van der Waals surface area contributed by atoms with Crippen LogP contribution in [0.1, 0.15) is 6.42 Å². The zero-order chi connectivity index (χ0) is 18.4. The van der Waals surface area contributed by atoms with Crippen LogP contribution in [0.5, 0.6) is 5.75 Å². The zero-order valence-corrected chi connectivity index (χ0v) is 14.3. The van der Waals surface area contributed by atoms with Gasteiger partial charge < -0.3 is 24.4 Å². The number of anilines is 1. The van der Waals surface area contributed by atoms with Gasteiger partial charge in [0.15, 0.2) is 0 Å². The van der Waals surface area contributed by atoms with Gasteiger partial charge in [-0.2, -0.15) is 0 Å². The van der Waals surface area contributed by atoms with Gasteiger partial charge in [0.25, 0.3) is 0 Å². The zero-order valence-electron chi connectivity index (χ0n) is 14.3. The van der Waals surface area contributed by atoms with E-state index in [9.17, 15) is 14.4 Å². The molecule has 1 N–H and O–H groups in total. The molecule has 1 aromatic rings. The maximum atomic E-state index is 12.6. The van der Waals surface area contributed by atoms with Crippen molar-refractivity contribution in [2.75, 3.05) is 45.4 Å². The first-order valence-electron chi connectivity index (χ1n) is 7.90. The van der Waals surface area contributed by atoms with Crippen molar-refractivity contribution < 1.29 is 29.0 Å². The monoisotopic (exact) mass is 350 g/mol. The van der Waals surface area contributed by atoms with E-state index in [0.29, 0.717) is 11.4 Å². The molecule has 1 aromatic carbocycles. The van der Waals surface area contributed by atoms with Crippen molar-refractivity contribution in [3.63, 3.8) is 0 Å². The van der Waals surface area contributed by atoms with Crippen LogP contribution in [0.2, 0.25) is 0 Å². The fourth-order valence-corrected chi connectivity index (χ4v) is 2.77. The van der Waals surface area contributed by atoms with E-state index >= 15 is 0 Å². The molecule has 0 aliphatic carbocycles. The Kier molecular flexibility index (Phi) is 6.35. The molecule has 0 saturated carbocycles. The first-order valence-corrected chi connectivity index (χ1v) is 7.90. The number of benzene rings is 1. The van der Waals surface area contributed by atoms with E-state index in [1.807, 2.05) is 0 Å². The van der Waals surface area contributed by atoms with Crippen LogP contribution in [0, 0.1) is 5.92 Å². The molecular weight excluding hydrogens is 328 g/mol. The SMILES string of the molecule is COCCN(CC(=O)O)C(=O)C1CC(=O)N(c2ccc(OC)cc2)C1. The highest BCUT2D eigenvalue weighted by molar-refractivity contribution is 6.00. The minimum atomic E-state index is -1.10. The van der Waals surface area contributed by atoms with Gasteiger partial charge in [0.2, 0.25) is 11.8 Å². The quantitative estimate of drug-likeness (QED) is 0.738. The second-order valence-electron chi connectivity index (χ2n) is 5.75. The summed E-state index contributed by atoms with van der Waals surface area (Å²) in [5, 5.41) is 8.98. The molecule has 1 atom stereocenters. The van der Waals surface area contributed by atoms with Gasteiger partial charge >= 0.3 is 5.97 Å². The Morgan fingerprint density at radius 3 is 2.52 bits per heavy atom. The Hall–Kier alpha value is -2.61. The van der Waals surface area contributed by atoms with Crippen LogP contribution in [-0.2, 0) is 19.1 Å². The van der Waals surface area contributed by atoms with Crippen molar-refractivity contribution in [2.45, 2.75) is 6.42 Å². The largest absolute Gasteiger partial charge is 0.497 e. The van der Waals surface area contributed by atoms with E-state index in [1.165, 1.54) is 16.9 Å². The molecule has 8 nitrogen and oxygen atoms in total. The molecular formula is C17H22N2O6. The van der Waals surface area contributed by atoms with Gasteiger partial charge in [0, 0.05) is 32.3 Å². The van der Waals surface area contributed by atoms with E-state index < -0.39 is 18.4 Å². The van der Waals surface area contributed by atoms with E-state index in [1.54, 1.807) is 31.4 Å². The first kappa shape index (κ1) is 18.7. The number of methoxy groups -OCH3 is 2. The predicted octanol–water partition coefficient (Wildman–Crippen LogP) is 0.608. The van der Waals surface area contributed by atoms with E-state index in [-0.39, 0.29) is 37.9 Å². The average molecular weight is 350 g/mol. The lowest BCUT2D eigenvalue weighted by molar-refractivity contribution is -0.146. The summed E-state index contributed by atoms with van der Waals surface area (Å²) < 4.78 is 10.0. The third-order valence-electron chi connectivity index (χ3n) is 4.06. The normalized spacial score (nSPS) is 16.8. The maximum Gasteiger partial charge on any atom is 0.323 e. The smallest absolute Gasteiger partial charge is 0.323 e. The molecule has 1 fully saturated rings. The van der Waals surface area contributed by atoms with Crippen molar-refractivity contribution in [1.29, 1.82) is 0 Å². The molecule has 2 rings (SSSR count). The van der Waals surface area contributed by atoms with Crippen molar-refractivity contribution in [3.8, 4) is 5.75 Å². The second-order valence-corrected chi connectivity index (χ2v) is 5.75. The predicted molar refractivity (Wildman–Crippen MR) is 89.5 cm³/mol. The number of ether oxygens (including phenoxy) is 2. The highest BCUT2D eigenvalue weighted by Gasteiger charge is 2.37. The van der Waals surface area contributed by atoms with Crippen LogP contribution in [0.3, 0.4) is 0 Å². The van der Waals surface area contributed by atoms with E-state index in [0.717, 1.165) is 0 Å². The van der Waals surface area contributed by atoms with Crippen molar-refractivity contribution in [1.82, 2.24) is 4.90 Å². The van der Waals surface area contributed by atoms with Crippen LogP contribution in [0.4, 0.5) is 5.69 Å². The molecule has 1 aliphatic rings. The summed E-state index contributed by atoms with van der Waals surface area (Å²) in [5.74, 6) is -1.49. The van der Waals surface area contributed by atoms with Crippen molar-refractivity contribution >= 4 is 23.5 Å². The van der Waals surface area contributed by atoms with E-state index in [4.69, 9.17) is 14.6 Å². The lowest BCUT2D eigenvalue weighted by atomic mass is 10.1. The topological polar surface area (TPSA) is 96.4 Å². The summed E-state index contributed by atoms with van der Waals surface area (Å²) in [5.41, 5.74) is 0.683. The molecule has 0 radical (unpaired) electrons. The third-order valence-corrected chi connectivity index (χ3v) is 4.06. The standard InChI is InChI=1S/C17H22N2O6/c1-24-8-7-18(11-16(21)22)17(23)12-9-15(20)19(10-12)13-3-5-14(25-2)6-4-13/h3-6,12H,7-11H2,1-2H3,(H,21,22). The second kappa shape index (κ2) is 8.48. The lowest BCUT2D eigenvalue weighted by Crippen LogP contribution is -2.42. The number of hydrogen-bond acceptors (Lipinski definition) is 5.